The number of rotatable bonds is 4. The first-order valence-electron chi connectivity index (χ1n) is 5.94. The van der Waals surface area contributed by atoms with Gasteiger partial charge in [0.05, 0.1) is 24.8 Å². The molecule has 4 heteroatoms. The van der Waals surface area contributed by atoms with Gasteiger partial charge in [-0.05, 0) is 19.2 Å². The second-order valence-corrected chi connectivity index (χ2v) is 4.51. The van der Waals surface area contributed by atoms with Crippen LogP contribution in [-0.4, -0.2) is 42.5 Å². The van der Waals surface area contributed by atoms with Crippen LogP contribution in [0.3, 0.4) is 0 Å². The van der Waals surface area contributed by atoms with Crippen molar-refractivity contribution in [2.75, 3.05) is 26.8 Å². The van der Waals surface area contributed by atoms with Crippen LogP contribution in [0.5, 0.6) is 0 Å². The van der Waals surface area contributed by atoms with Crippen molar-refractivity contribution in [3.8, 4) is 0 Å². The highest BCUT2D eigenvalue weighted by Gasteiger charge is 2.23. The number of hydrogen-bond donors (Lipinski definition) is 0. The summed E-state index contributed by atoms with van der Waals surface area (Å²) >= 11 is 0. The van der Waals surface area contributed by atoms with E-state index in [9.17, 15) is 4.79 Å². The van der Waals surface area contributed by atoms with Crippen LogP contribution in [0.2, 0.25) is 0 Å². The summed E-state index contributed by atoms with van der Waals surface area (Å²) in [7, 11) is 2.01. The topological polar surface area (TPSA) is 42.4 Å². The molecule has 0 amide bonds. The SMILES string of the molecule is CN(Cc1ccccn1)CC1COCCC1=O. The Kier molecular flexibility index (Phi) is 4.23. The molecule has 1 atom stereocenters. The Morgan fingerprint density at radius 1 is 1.53 bits per heavy atom. The fourth-order valence-corrected chi connectivity index (χ4v) is 2.06. The molecule has 2 heterocycles. The van der Waals surface area contributed by atoms with Gasteiger partial charge in [-0.2, -0.15) is 0 Å². The maximum absolute atomic E-state index is 11.7. The number of carbonyl (C=O) groups is 1. The predicted molar refractivity (Wildman–Crippen MR) is 64.5 cm³/mol. The summed E-state index contributed by atoms with van der Waals surface area (Å²) in [6, 6.07) is 5.88. The van der Waals surface area contributed by atoms with Gasteiger partial charge in [0.1, 0.15) is 5.78 Å². The second kappa shape index (κ2) is 5.89. The molecule has 0 N–H and O–H groups in total. The van der Waals surface area contributed by atoms with Crippen LogP contribution in [0.25, 0.3) is 0 Å². The summed E-state index contributed by atoms with van der Waals surface area (Å²) in [5, 5.41) is 0. The minimum absolute atomic E-state index is 0.0254. The van der Waals surface area contributed by atoms with E-state index in [4.69, 9.17) is 4.74 Å². The Morgan fingerprint density at radius 3 is 3.12 bits per heavy atom. The summed E-state index contributed by atoms with van der Waals surface area (Å²) in [5.74, 6) is 0.349. The molecule has 0 aliphatic carbocycles. The molecule has 0 spiro atoms. The van der Waals surface area contributed by atoms with Gasteiger partial charge in [-0.1, -0.05) is 6.07 Å². The number of carbonyl (C=O) groups excluding carboxylic acids is 1. The van der Waals surface area contributed by atoms with Gasteiger partial charge in [-0.15, -0.1) is 0 Å². The lowest BCUT2D eigenvalue weighted by Crippen LogP contribution is -2.36. The number of hydrogen-bond acceptors (Lipinski definition) is 4. The van der Waals surface area contributed by atoms with E-state index in [0.29, 0.717) is 25.4 Å². The third-order valence-electron chi connectivity index (χ3n) is 2.96. The van der Waals surface area contributed by atoms with Gasteiger partial charge < -0.3 is 4.74 Å². The number of ether oxygens (including phenoxy) is 1. The molecule has 1 aliphatic heterocycles. The quantitative estimate of drug-likeness (QED) is 0.783. The molecular weight excluding hydrogens is 216 g/mol. The molecule has 1 fully saturated rings. The Balaban J connectivity index is 1.84. The lowest BCUT2D eigenvalue weighted by Gasteiger charge is -2.25. The van der Waals surface area contributed by atoms with Crippen LogP contribution in [0, 0.1) is 5.92 Å². The zero-order valence-corrected chi connectivity index (χ0v) is 10.1. The van der Waals surface area contributed by atoms with E-state index in [-0.39, 0.29) is 5.92 Å². The fraction of sp³-hybridized carbons (Fsp3) is 0.538. The highest BCUT2D eigenvalue weighted by atomic mass is 16.5. The molecule has 92 valence electrons. The maximum atomic E-state index is 11.7. The normalized spacial score (nSPS) is 20.8. The Morgan fingerprint density at radius 2 is 2.41 bits per heavy atom. The van der Waals surface area contributed by atoms with Gasteiger partial charge in [-0.25, -0.2) is 0 Å². The Labute approximate surface area is 102 Å². The third kappa shape index (κ3) is 3.61. The van der Waals surface area contributed by atoms with E-state index >= 15 is 0 Å². The van der Waals surface area contributed by atoms with E-state index in [0.717, 1.165) is 18.8 Å². The zero-order chi connectivity index (χ0) is 12.1. The number of pyridine rings is 1. The van der Waals surface area contributed by atoms with Gasteiger partial charge in [0, 0.05) is 25.7 Å². The van der Waals surface area contributed by atoms with Crippen molar-refractivity contribution in [1.29, 1.82) is 0 Å². The van der Waals surface area contributed by atoms with Crippen molar-refractivity contribution in [1.82, 2.24) is 9.88 Å². The van der Waals surface area contributed by atoms with Crippen LogP contribution in [-0.2, 0) is 16.1 Å². The first-order valence-corrected chi connectivity index (χ1v) is 5.94. The van der Waals surface area contributed by atoms with E-state index in [1.54, 1.807) is 6.20 Å². The molecular formula is C13H18N2O2. The molecule has 0 aromatic carbocycles. The van der Waals surface area contributed by atoms with Gasteiger partial charge in [0.15, 0.2) is 0 Å². The highest BCUT2D eigenvalue weighted by molar-refractivity contribution is 5.82. The molecule has 0 radical (unpaired) electrons. The molecule has 0 saturated carbocycles. The minimum Gasteiger partial charge on any atom is -0.380 e. The van der Waals surface area contributed by atoms with Crippen molar-refractivity contribution in [3.63, 3.8) is 0 Å². The molecule has 1 unspecified atom stereocenters. The largest absolute Gasteiger partial charge is 0.380 e. The molecule has 1 saturated heterocycles. The number of nitrogens with zero attached hydrogens (tertiary/aromatic N) is 2. The van der Waals surface area contributed by atoms with Crippen molar-refractivity contribution >= 4 is 5.78 Å². The summed E-state index contributed by atoms with van der Waals surface area (Å²) in [6.07, 6.45) is 2.35. The van der Waals surface area contributed by atoms with E-state index < -0.39 is 0 Å². The van der Waals surface area contributed by atoms with Crippen LogP contribution in [0.4, 0.5) is 0 Å². The second-order valence-electron chi connectivity index (χ2n) is 4.51. The summed E-state index contributed by atoms with van der Waals surface area (Å²) in [4.78, 5) is 18.1. The molecule has 17 heavy (non-hydrogen) atoms. The summed E-state index contributed by atoms with van der Waals surface area (Å²) in [6.45, 7) is 2.66. The molecule has 2 rings (SSSR count). The lowest BCUT2D eigenvalue weighted by atomic mass is 10.0. The van der Waals surface area contributed by atoms with Gasteiger partial charge in [0.2, 0.25) is 0 Å². The first-order chi connectivity index (χ1) is 8.25. The standard InChI is InChI=1S/C13H18N2O2/c1-15(9-12-4-2-3-6-14-12)8-11-10-17-7-5-13(11)16/h2-4,6,11H,5,7-10H2,1H3. The highest BCUT2D eigenvalue weighted by Crippen LogP contribution is 2.12. The lowest BCUT2D eigenvalue weighted by molar-refractivity contribution is -0.131. The molecule has 4 nitrogen and oxygen atoms in total. The van der Waals surface area contributed by atoms with Crippen LogP contribution >= 0.6 is 0 Å². The fourth-order valence-electron chi connectivity index (χ4n) is 2.06. The van der Waals surface area contributed by atoms with Gasteiger partial charge >= 0.3 is 0 Å². The van der Waals surface area contributed by atoms with Crippen molar-refractivity contribution in [2.24, 2.45) is 5.92 Å². The Hall–Kier alpha value is -1.26. The zero-order valence-electron chi connectivity index (χ0n) is 10.1. The number of ketones is 1. The van der Waals surface area contributed by atoms with E-state index in [2.05, 4.69) is 9.88 Å². The van der Waals surface area contributed by atoms with Gasteiger partial charge in [0.25, 0.3) is 0 Å². The van der Waals surface area contributed by atoms with Crippen LogP contribution < -0.4 is 0 Å². The molecule has 0 bridgehead atoms. The van der Waals surface area contributed by atoms with E-state index in [1.165, 1.54) is 0 Å². The molecule has 1 aromatic heterocycles. The summed E-state index contributed by atoms with van der Waals surface area (Å²) in [5.41, 5.74) is 1.03. The van der Waals surface area contributed by atoms with Crippen molar-refractivity contribution in [3.05, 3.63) is 30.1 Å². The third-order valence-corrected chi connectivity index (χ3v) is 2.96. The van der Waals surface area contributed by atoms with Crippen LogP contribution in [0.1, 0.15) is 12.1 Å². The first kappa shape index (κ1) is 12.2. The maximum Gasteiger partial charge on any atom is 0.141 e. The minimum atomic E-state index is 0.0254. The van der Waals surface area contributed by atoms with Crippen LogP contribution in [0.15, 0.2) is 24.4 Å². The van der Waals surface area contributed by atoms with E-state index in [1.807, 2.05) is 25.2 Å². The Bertz CT molecular complexity index is 367. The number of aromatic nitrogens is 1. The summed E-state index contributed by atoms with van der Waals surface area (Å²) < 4.78 is 5.34. The molecule has 1 aromatic rings. The average Bonchev–Trinajstić information content (AvgIpc) is 2.33. The smallest absolute Gasteiger partial charge is 0.141 e. The number of Topliss-reactive ketones (excluding diaryl/α,β-unsaturated/α-hetero) is 1. The van der Waals surface area contributed by atoms with Gasteiger partial charge in [-0.3, -0.25) is 14.7 Å². The monoisotopic (exact) mass is 234 g/mol. The van der Waals surface area contributed by atoms with Crippen molar-refractivity contribution in [2.45, 2.75) is 13.0 Å². The molecule has 1 aliphatic rings. The predicted octanol–water partition coefficient (Wildman–Crippen LogP) is 1.12. The van der Waals surface area contributed by atoms with Crippen molar-refractivity contribution < 1.29 is 9.53 Å². The average molecular weight is 234 g/mol.